The average Bonchev–Trinajstić information content (AvgIpc) is 1.92. The van der Waals surface area contributed by atoms with Gasteiger partial charge >= 0.3 is 183 Å². The smallest absolute Gasteiger partial charge is 1.00 e. The van der Waals surface area contributed by atoms with Crippen molar-refractivity contribution in [2.45, 2.75) is 51.5 Å². The third-order valence-corrected chi connectivity index (χ3v) is 3.30. The third kappa shape index (κ3) is 22.3. The van der Waals surface area contributed by atoms with Crippen LogP contribution in [-0.4, -0.2) is 8.30 Å². The molecule has 0 amide bonds. The number of hydrogen-bond donors (Lipinski definition) is 0. The minimum atomic E-state index is -9.52. The summed E-state index contributed by atoms with van der Waals surface area (Å²) >= 11 is 0. The molecule has 90 valence electrons. The van der Waals surface area contributed by atoms with E-state index in [4.69, 9.17) is 0 Å². The van der Waals surface area contributed by atoms with E-state index in [1.807, 2.05) is 6.92 Å². The van der Waals surface area contributed by atoms with Crippen molar-refractivity contribution in [3.8, 4) is 0 Å². The van der Waals surface area contributed by atoms with Crippen molar-refractivity contribution in [2.75, 3.05) is 0 Å². The predicted molar refractivity (Wildman–Crippen MR) is 49.5 cm³/mol. The maximum absolute atomic E-state index is 11.8. The molecule has 0 aromatic rings. The van der Waals surface area contributed by atoms with Crippen LogP contribution >= 0.6 is 0 Å². The molecule has 0 N–H and O–H groups in total. The van der Waals surface area contributed by atoms with Gasteiger partial charge in [-0.05, 0) is 0 Å². The monoisotopic (exact) mass is 314 g/mol. The van der Waals surface area contributed by atoms with E-state index >= 15 is 0 Å². The molecule has 0 aromatic carbocycles. The van der Waals surface area contributed by atoms with Crippen molar-refractivity contribution in [2.24, 2.45) is 0 Å². The molecular formula is C8H17F5K2Si. The van der Waals surface area contributed by atoms with E-state index in [2.05, 4.69) is 0 Å². The maximum atomic E-state index is 11.8. The second-order valence-electron chi connectivity index (χ2n) is 3.90. The van der Waals surface area contributed by atoms with Crippen LogP contribution in [0.1, 0.15) is 45.4 Å². The van der Waals surface area contributed by atoms with Crippen LogP contribution in [0.15, 0.2) is 0 Å². The standard InChI is InChI=1S/C8H17F5Si.2K/c1-2-3-4-5-6-7-8-14(9,10,11,12)13;;/h2-8H2,1H3;;/q-2;2*+1. The SMILES string of the molecule is CCCCCCCC[Si-2](F)(F)(F)(F)F.[K+].[K+]. The first-order valence-electron chi connectivity index (χ1n) is 5.01. The Bertz CT molecular complexity index is 178. The van der Waals surface area contributed by atoms with E-state index < -0.39 is 20.8 Å². The zero-order chi connectivity index (χ0) is 11.4. The first-order valence-corrected chi connectivity index (χ1v) is 7.60. The van der Waals surface area contributed by atoms with Gasteiger partial charge in [-0.25, -0.2) is 0 Å². The van der Waals surface area contributed by atoms with Crippen LogP contribution in [0.3, 0.4) is 0 Å². The molecule has 0 saturated heterocycles. The minimum absolute atomic E-state index is 0. The largest absolute Gasteiger partial charge is 1.00 e. The van der Waals surface area contributed by atoms with Crippen LogP contribution in [-0.2, 0) is 0 Å². The summed E-state index contributed by atoms with van der Waals surface area (Å²) in [5.74, 6) is 0. The Balaban J connectivity index is -0.000000845. The van der Waals surface area contributed by atoms with Crippen LogP contribution in [0.2, 0.25) is 6.04 Å². The Morgan fingerprint density at radius 3 is 1.44 bits per heavy atom. The molecule has 0 bridgehead atoms. The summed E-state index contributed by atoms with van der Waals surface area (Å²) in [5.41, 5.74) is 0. The molecule has 0 fully saturated rings. The van der Waals surface area contributed by atoms with E-state index in [1.54, 1.807) is 0 Å². The molecular weight excluding hydrogens is 297 g/mol. The van der Waals surface area contributed by atoms with E-state index in [0.717, 1.165) is 19.3 Å². The molecule has 0 aromatic heterocycles. The second kappa shape index (κ2) is 8.43. The first-order chi connectivity index (χ1) is 6.04. The Kier molecular flexibility index (Phi) is 12.7. The molecule has 0 aliphatic heterocycles. The summed E-state index contributed by atoms with van der Waals surface area (Å²) in [5, 5.41) is 0. The topological polar surface area (TPSA) is 0 Å². The fraction of sp³-hybridized carbons (Fsp3) is 1.00. The van der Waals surface area contributed by atoms with Crippen molar-refractivity contribution in [1.29, 1.82) is 0 Å². The van der Waals surface area contributed by atoms with Crippen LogP contribution < -0.4 is 103 Å². The van der Waals surface area contributed by atoms with Gasteiger partial charge in [0.2, 0.25) is 0 Å². The van der Waals surface area contributed by atoms with Gasteiger partial charge in [0.15, 0.2) is 0 Å². The molecule has 0 atom stereocenters. The number of unbranched alkanes of at least 4 members (excludes halogenated alkanes) is 5. The molecule has 0 aliphatic rings. The fourth-order valence-corrected chi connectivity index (χ4v) is 2.16. The Hall–Kier alpha value is 3.14. The molecule has 0 saturated carbocycles. The number of halogens is 5. The summed E-state index contributed by atoms with van der Waals surface area (Å²) in [4.78, 5) is 0. The van der Waals surface area contributed by atoms with Crippen molar-refractivity contribution >= 4 is 8.30 Å². The fourth-order valence-electron chi connectivity index (χ4n) is 1.24. The van der Waals surface area contributed by atoms with Crippen molar-refractivity contribution in [1.82, 2.24) is 0 Å². The van der Waals surface area contributed by atoms with E-state index in [0.29, 0.717) is 6.42 Å². The van der Waals surface area contributed by atoms with E-state index in [9.17, 15) is 20.5 Å². The summed E-state index contributed by atoms with van der Waals surface area (Å²) in [6.07, 6.45) is 3.23. The molecule has 0 radical (unpaired) electrons. The summed E-state index contributed by atoms with van der Waals surface area (Å²) in [6, 6.07) is -1.86. The molecule has 16 heavy (non-hydrogen) atoms. The summed E-state index contributed by atoms with van der Waals surface area (Å²) < 4.78 is 59.1. The maximum Gasteiger partial charge on any atom is 1.00 e. The quantitative estimate of drug-likeness (QED) is 0.246. The zero-order valence-electron chi connectivity index (χ0n) is 10.3. The van der Waals surface area contributed by atoms with Crippen molar-refractivity contribution in [3.63, 3.8) is 0 Å². The van der Waals surface area contributed by atoms with Gasteiger partial charge in [-0.3, -0.25) is 0 Å². The zero-order valence-corrected chi connectivity index (χ0v) is 17.6. The van der Waals surface area contributed by atoms with Gasteiger partial charge in [0.05, 0.1) is 0 Å². The minimum Gasteiger partial charge on any atom is 1.00 e. The van der Waals surface area contributed by atoms with Gasteiger partial charge < -0.3 is 0 Å². The third-order valence-electron chi connectivity index (χ3n) is 2.00. The van der Waals surface area contributed by atoms with E-state index in [1.165, 1.54) is 0 Å². The molecule has 0 nitrogen and oxygen atoms in total. The normalized spacial score (nSPS) is 15.4. The van der Waals surface area contributed by atoms with Gasteiger partial charge in [-0.2, -0.15) is 0 Å². The Labute approximate surface area is 179 Å². The van der Waals surface area contributed by atoms with Crippen molar-refractivity contribution in [3.05, 3.63) is 0 Å². The Morgan fingerprint density at radius 1 is 0.688 bits per heavy atom. The molecule has 8 heteroatoms. The molecule has 0 rings (SSSR count). The number of rotatable bonds is 7. The van der Waals surface area contributed by atoms with Crippen LogP contribution in [0.5, 0.6) is 0 Å². The summed E-state index contributed by atoms with van der Waals surface area (Å²) in [7, 11) is -9.52. The van der Waals surface area contributed by atoms with Gasteiger partial charge in [-0.1, -0.05) is 0 Å². The second-order valence-corrected chi connectivity index (χ2v) is 7.17. The number of hydrogen-bond acceptors (Lipinski definition) is 0. The van der Waals surface area contributed by atoms with Crippen LogP contribution in [0.25, 0.3) is 0 Å². The van der Waals surface area contributed by atoms with Gasteiger partial charge in [0, 0.05) is 0 Å². The van der Waals surface area contributed by atoms with E-state index in [-0.39, 0.29) is 109 Å². The van der Waals surface area contributed by atoms with Crippen LogP contribution in [0, 0.1) is 0 Å². The molecule has 0 heterocycles. The Morgan fingerprint density at radius 2 is 1.06 bits per heavy atom. The van der Waals surface area contributed by atoms with Gasteiger partial charge in [0.1, 0.15) is 0 Å². The predicted octanol–water partition coefficient (Wildman–Crippen LogP) is -0.957. The molecule has 0 aliphatic carbocycles. The molecule has 0 spiro atoms. The van der Waals surface area contributed by atoms with Crippen molar-refractivity contribution < 1.29 is 123 Å². The molecule has 0 unspecified atom stereocenters. The van der Waals surface area contributed by atoms with Crippen LogP contribution in [0.4, 0.5) is 20.5 Å². The first kappa shape index (κ1) is 24.2. The van der Waals surface area contributed by atoms with Gasteiger partial charge in [0.25, 0.3) is 0 Å². The van der Waals surface area contributed by atoms with Gasteiger partial charge in [-0.15, -0.1) is 0 Å². The summed E-state index contributed by atoms with van der Waals surface area (Å²) in [6.45, 7) is 1.98. The average molecular weight is 314 g/mol.